The fourth-order valence-electron chi connectivity index (χ4n) is 2.91. The molecule has 2 saturated heterocycles. The third-order valence-corrected chi connectivity index (χ3v) is 3.68. The quantitative estimate of drug-likeness (QED) is 0.792. The van der Waals surface area contributed by atoms with Crippen molar-refractivity contribution in [2.24, 2.45) is 5.92 Å². The highest BCUT2D eigenvalue weighted by Gasteiger charge is 2.33. The molecule has 1 N–H and O–H groups in total. The number of nitrogens with zero attached hydrogens (tertiary/aromatic N) is 3. The minimum atomic E-state index is 0.713. The van der Waals surface area contributed by atoms with Gasteiger partial charge >= 0.3 is 0 Å². The van der Waals surface area contributed by atoms with Gasteiger partial charge in [-0.1, -0.05) is 0 Å². The number of piperidine rings is 1. The van der Waals surface area contributed by atoms with Crippen molar-refractivity contribution >= 4 is 0 Å². The predicted octanol–water partition coefficient (Wildman–Crippen LogP) is 0.660. The molecule has 3 rings (SSSR count). The van der Waals surface area contributed by atoms with E-state index in [0.717, 1.165) is 18.2 Å². The summed E-state index contributed by atoms with van der Waals surface area (Å²) in [5, 5.41) is 3.62. The average molecular weight is 218 g/mol. The first kappa shape index (κ1) is 10.2. The molecule has 0 unspecified atom stereocenters. The van der Waals surface area contributed by atoms with Gasteiger partial charge in [0.2, 0.25) is 0 Å². The van der Waals surface area contributed by atoms with Gasteiger partial charge in [-0.25, -0.2) is 0 Å². The molecule has 1 aromatic heterocycles. The Kier molecular flexibility index (Phi) is 2.84. The first-order chi connectivity index (χ1) is 7.92. The third kappa shape index (κ3) is 2.08. The molecule has 0 radical (unpaired) electrons. The normalized spacial score (nSPS) is 30.2. The zero-order valence-corrected chi connectivity index (χ0v) is 9.47. The zero-order valence-electron chi connectivity index (χ0n) is 9.47. The van der Waals surface area contributed by atoms with Crippen LogP contribution < -0.4 is 5.32 Å². The molecular weight excluding hydrogens is 200 g/mol. The second-order valence-electron chi connectivity index (χ2n) is 4.85. The van der Waals surface area contributed by atoms with Gasteiger partial charge in [-0.05, 0) is 25.3 Å². The number of hydrogen-bond acceptors (Lipinski definition) is 4. The topological polar surface area (TPSA) is 41.1 Å². The van der Waals surface area contributed by atoms with Gasteiger partial charge in [0, 0.05) is 44.3 Å². The molecule has 0 bridgehead atoms. The number of rotatable bonds is 2. The molecule has 0 saturated carbocycles. The zero-order chi connectivity index (χ0) is 10.8. The van der Waals surface area contributed by atoms with E-state index in [0.29, 0.717) is 6.04 Å². The van der Waals surface area contributed by atoms with E-state index in [-0.39, 0.29) is 0 Å². The number of nitrogens with one attached hydrogen (secondary N) is 1. The van der Waals surface area contributed by atoms with E-state index < -0.39 is 0 Å². The van der Waals surface area contributed by atoms with Crippen molar-refractivity contribution in [3.8, 4) is 0 Å². The molecule has 2 aliphatic rings. The van der Waals surface area contributed by atoms with Gasteiger partial charge in [-0.2, -0.15) is 0 Å². The van der Waals surface area contributed by atoms with Crippen LogP contribution in [-0.4, -0.2) is 40.5 Å². The molecule has 0 aliphatic carbocycles. The smallest absolute Gasteiger partial charge is 0.0726 e. The summed E-state index contributed by atoms with van der Waals surface area (Å²) in [7, 11) is 0. The lowest BCUT2D eigenvalue weighted by molar-refractivity contribution is 0.309. The van der Waals surface area contributed by atoms with Gasteiger partial charge in [0.1, 0.15) is 0 Å². The minimum absolute atomic E-state index is 0.713. The maximum absolute atomic E-state index is 4.34. The Hall–Kier alpha value is -1.00. The van der Waals surface area contributed by atoms with Crippen LogP contribution in [0, 0.1) is 5.92 Å². The van der Waals surface area contributed by atoms with Crippen molar-refractivity contribution in [3.63, 3.8) is 0 Å². The maximum Gasteiger partial charge on any atom is 0.0726 e. The molecule has 2 atom stereocenters. The highest BCUT2D eigenvalue weighted by atomic mass is 15.2. The summed E-state index contributed by atoms with van der Waals surface area (Å²) < 4.78 is 0. The van der Waals surface area contributed by atoms with Crippen LogP contribution in [0.5, 0.6) is 0 Å². The summed E-state index contributed by atoms with van der Waals surface area (Å²) in [5.74, 6) is 0.852. The first-order valence-corrected chi connectivity index (χ1v) is 6.12. The fraction of sp³-hybridized carbons (Fsp3) is 0.667. The van der Waals surface area contributed by atoms with E-state index in [9.17, 15) is 0 Å². The second-order valence-corrected chi connectivity index (χ2v) is 4.85. The van der Waals surface area contributed by atoms with Crippen LogP contribution in [0.15, 0.2) is 18.6 Å². The lowest BCUT2D eigenvalue weighted by Crippen LogP contribution is -2.40. The Morgan fingerprint density at radius 1 is 1.38 bits per heavy atom. The number of likely N-dealkylation sites (tertiary alicyclic amines) is 1. The van der Waals surface area contributed by atoms with E-state index in [2.05, 4.69) is 20.2 Å². The van der Waals surface area contributed by atoms with E-state index in [1.165, 1.54) is 32.5 Å². The molecule has 0 spiro atoms. The lowest BCUT2D eigenvalue weighted by atomic mass is 9.94. The van der Waals surface area contributed by atoms with Crippen molar-refractivity contribution in [1.82, 2.24) is 20.2 Å². The predicted molar refractivity (Wildman–Crippen MR) is 61.8 cm³/mol. The van der Waals surface area contributed by atoms with E-state index in [4.69, 9.17) is 0 Å². The summed E-state index contributed by atoms with van der Waals surface area (Å²) >= 11 is 0. The van der Waals surface area contributed by atoms with Gasteiger partial charge in [-0.3, -0.25) is 14.9 Å². The monoisotopic (exact) mass is 218 g/mol. The van der Waals surface area contributed by atoms with Crippen LogP contribution in [-0.2, 0) is 6.54 Å². The molecule has 1 aromatic rings. The Morgan fingerprint density at radius 2 is 2.38 bits per heavy atom. The van der Waals surface area contributed by atoms with Gasteiger partial charge in [0.25, 0.3) is 0 Å². The number of hydrogen-bond donors (Lipinski definition) is 1. The van der Waals surface area contributed by atoms with Crippen molar-refractivity contribution in [2.45, 2.75) is 25.4 Å². The molecule has 0 aromatic carbocycles. The molecule has 2 fully saturated rings. The first-order valence-electron chi connectivity index (χ1n) is 6.12. The second kappa shape index (κ2) is 4.47. The molecule has 4 nitrogen and oxygen atoms in total. The van der Waals surface area contributed by atoms with Crippen LogP contribution in [0.25, 0.3) is 0 Å². The average Bonchev–Trinajstić information content (AvgIpc) is 2.72. The van der Waals surface area contributed by atoms with E-state index in [1.807, 2.05) is 6.20 Å². The third-order valence-electron chi connectivity index (χ3n) is 3.68. The van der Waals surface area contributed by atoms with Gasteiger partial charge in [-0.15, -0.1) is 0 Å². The van der Waals surface area contributed by atoms with Crippen LogP contribution in [0.1, 0.15) is 18.5 Å². The standard InChI is InChI=1S/C12H18N4/c1-2-10-7-16(9-12(10)15-3-1)8-11-6-13-4-5-14-11/h4-6,10,12,15H,1-3,7-9H2/t10-,12+/m0/s1. The Labute approximate surface area is 96.1 Å². The number of fused-ring (bicyclic) bond motifs is 1. The molecule has 0 amide bonds. The maximum atomic E-state index is 4.34. The summed E-state index contributed by atoms with van der Waals surface area (Å²) in [4.78, 5) is 10.9. The van der Waals surface area contributed by atoms with Gasteiger partial charge < -0.3 is 5.32 Å². The summed E-state index contributed by atoms with van der Waals surface area (Å²) in [6, 6.07) is 0.713. The Bertz CT molecular complexity index is 326. The fourth-order valence-corrected chi connectivity index (χ4v) is 2.91. The molecule has 3 heterocycles. The van der Waals surface area contributed by atoms with Crippen LogP contribution in [0.4, 0.5) is 0 Å². The van der Waals surface area contributed by atoms with Gasteiger partial charge in [0.15, 0.2) is 0 Å². The van der Waals surface area contributed by atoms with Gasteiger partial charge in [0.05, 0.1) is 5.69 Å². The summed E-state index contributed by atoms with van der Waals surface area (Å²) in [6.45, 7) is 4.53. The van der Waals surface area contributed by atoms with Crippen LogP contribution in [0.3, 0.4) is 0 Å². The highest BCUT2D eigenvalue weighted by Crippen LogP contribution is 2.25. The van der Waals surface area contributed by atoms with E-state index >= 15 is 0 Å². The van der Waals surface area contributed by atoms with Crippen molar-refractivity contribution in [2.75, 3.05) is 19.6 Å². The highest BCUT2D eigenvalue weighted by molar-refractivity contribution is 4.98. The van der Waals surface area contributed by atoms with Crippen LogP contribution >= 0.6 is 0 Å². The number of aromatic nitrogens is 2. The largest absolute Gasteiger partial charge is 0.312 e. The van der Waals surface area contributed by atoms with Crippen molar-refractivity contribution in [1.29, 1.82) is 0 Å². The molecule has 2 aliphatic heterocycles. The molecule has 86 valence electrons. The van der Waals surface area contributed by atoms with Crippen molar-refractivity contribution in [3.05, 3.63) is 24.3 Å². The molecular formula is C12H18N4. The summed E-state index contributed by atoms with van der Waals surface area (Å²) in [5.41, 5.74) is 1.08. The van der Waals surface area contributed by atoms with Crippen LogP contribution in [0.2, 0.25) is 0 Å². The Balaban J connectivity index is 1.61. The SMILES string of the molecule is c1cnc(CN2C[C@@H]3CCCN[C@@H]3C2)cn1. The van der Waals surface area contributed by atoms with E-state index in [1.54, 1.807) is 12.4 Å². The molecule has 16 heavy (non-hydrogen) atoms. The van der Waals surface area contributed by atoms with Crippen molar-refractivity contribution < 1.29 is 0 Å². The lowest BCUT2D eigenvalue weighted by Gasteiger charge is -2.24. The summed E-state index contributed by atoms with van der Waals surface area (Å²) in [6.07, 6.45) is 8.09. The minimum Gasteiger partial charge on any atom is -0.312 e. The Morgan fingerprint density at radius 3 is 3.19 bits per heavy atom. The molecule has 4 heteroatoms.